The van der Waals surface area contributed by atoms with Gasteiger partial charge in [0.1, 0.15) is 12.1 Å². The monoisotopic (exact) mass is 317 g/mol. The first-order valence-corrected chi connectivity index (χ1v) is 7.62. The molecule has 3 aromatic heterocycles. The van der Waals surface area contributed by atoms with Gasteiger partial charge in [-0.05, 0) is 31.5 Å². The van der Waals surface area contributed by atoms with Crippen LogP contribution >= 0.6 is 0 Å². The van der Waals surface area contributed by atoms with Crippen LogP contribution in [-0.2, 0) is 6.54 Å². The molecule has 0 fully saturated rings. The number of hydrogen-bond acceptors (Lipinski definition) is 6. The van der Waals surface area contributed by atoms with E-state index in [9.17, 15) is 0 Å². The van der Waals surface area contributed by atoms with Crippen LogP contribution in [0.3, 0.4) is 0 Å². The molecule has 1 N–H and O–H groups in total. The molecular formula is C17H15N7. The molecule has 0 radical (unpaired) electrons. The van der Waals surface area contributed by atoms with Crippen molar-refractivity contribution >= 4 is 28.0 Å². The Labute approximate surface area is 137 Å². The predicted molar refractivity (Wildman–Crippen MR) is 91.1 cm³/mol. The number of aryl methyl sites for hydroxylation is 2. The predicted octanol–water partition coefficient (Wildman–Crippen LogP) is 3.80. The zero-order valence-electron chi connectivity index (χ0n) is 13.4. The van der Waals surface area contributed by atoms with Crippen LogP contribution < -0.4 is 0 Å². The lowest BCUT2D eigenvalue weighted by molar-refractivity contribution is 0.874. The Morgan fingerprint density at radius 2 is 1.88 bits per heavy atom. The Hall–Kier alpha value is -3.22. The van der Waals surface area contributed by atoms with Crippen LogP contribution in [0.4, 0.5) is 5.95 Å². The van der Waals surface area contributed by atoms with E-state index >= 15 is 0 Å². The number of hydrogen-bond donors (Lipinski definition) is 1. The largest absolute Gasteiger partial charge is 0.337 e. The molecule has 0 aliphatic rings. The number of nitrogens with one attached hydrogen (secondary N) is 1. The fraction of sp³-hybridized carbons (Fsp3) is 0.176. The molecule has 0 aliphatic heterocycles. The maximum absolute atomic E-state index is 4.39. The Bertz CT molecular complexity index is 1070. The molecular weight excluding hydrogens is 302 g/mol. The zero-order valence-corrected chi connectivity index (χ0v) is 13.4. The summed E-state index contributed by atoms with van der Waals surface area (Å²) in [4.78, 5) is 12.0. The van der Waals surface area contributed by atoms with Gasteiger partial charge in [-0.2, -0.15) is 10.1 Å². The minimum absolute atomic E-state index is 0.236. The van der Waals surface area contributed by atoms with Crippen LogP contribution in [0.2, 0.25) is 0 Å². The van der Waals surface area contributed by atoms with Crippen molar-refractivity contribution in [3.63, 3.8) is 0 Å². The molecule has 7 heteroatoms. The highest BCUT2D eigenvalue weighted by atomic mass is 15.3. The van der Waals surface area contributed by atoms with Crippen LogP contribution in [0.5, 0.6) is 0 Å². The van der Waals surface area contributed by atoms with E-state index in [4.69, 9.17) is 0 Å². The number of para-hydroxylation sites is 1. The Morgan fingerprint density at radius 3 is 2.75 bits per heavy atom. The lowest BCUT2D eigenvalue weighted by Gasteiger charge is -1.96. The van der Waals surface area contributed by atoms with Gasteiger partial charge in [0.05, 0.1) is 11.2 Å². The summed E-state index contributed by atoms with van der Waals surface area (Å²) in [5, 5.41) is 17.5. The number of benzene rings is 1. The molecule has 0 unspecified atom stereocenters. The molecule has 0 bridgehead atoms. The Balaban J connectivity index is 1.64. The van der Waals surface area contributed by atoms with Crippen molar-refractivity contribution in [2.45, 2.75) is 20.4 Å². The molecule has 4 rings (SSSR count). The van der Waals surface area contributed by atoms with Crippen LogP contribution in [0, 0.1) is 13.8 Å². The SMILES string of the molecule is Cc1cccc(CN=Nc2nnc3c(n2)[nH]c2c(C)cccc23)n1. The van der Waals surface area contributed by atoms with E-state index in [-0.39, 0.29) is 5.95 Å². The molecule has 118 valence electrons. The molecule has 7 nitrogen and oxygen atoms in total. The molecule has 0 spiro atoms. The molecule has 1 aromatic carbocycles. The quantitative estimate of drug-likeness (QED) is 0.582. The van der Waals surface area contributed by atoms with Gasteiger partial charge in [-0.3, -0.25) is 4.98 Å². The van der Waals surface area contributed by atoms with Crippen molar-refractivity contribution < 1.29 is 0 Å². The van der Waals surface area contributed by atoms with Gasteiger partial charge in [-0.15, -0.1) is 15.3 Å². The minimum atomic E-state index is 0.236. The third-order valence-electron chi connectivity index (χ3n) is 3.79. The van der Waals surface area contributed by atoms with Gasteiger partial charge < -0.3 is 4.98 Å². The molecule has 24 heavy (non-hydrogen) atoms. The van der Waals surface area contributed by atoms with Gasteiger partial charge in [0, 0.05) is 11.1 Å². The minimum Gasteiger partial charge on any atom is -0.337 e. The second-order valence-electron chi connectivity index (χ2n) is 5.60. The topological polar surface area (TPSA) is 92.1 Å². The van der Waals surface area contributed by atoms with E-state index in [1.165, 1.54) is 0 Å². The summed E-state index contributed by atoms with van der Waals surface area (Å²) in [5.74, 6) is 0.236. The van der Waals surface area contributed by atoms with Gasteiger partial charge in [0.25, 0.3) is 5.95 Å². The summed E-state index contributed by atoms with van der Waals surface area (Å²) in [5.41, 5.74) is 5.38. The number of aromatic nitrogens is 5. The van der Waals surface area contributed by atoms with Gasteiger partial charge in [0.2, 0.25) is 0 Å². The molecule has 0 aliphatic carbocycles. The van der Waals surface area contributed by atoms with Crippen molar-refractivity contribution in [2.24, 2.45) is 10.2 Å². The first kappa shape index (κ1) is 14.4. The van der Waals surface area contributed by atoms with Gasteiger partial charge in [0.15, 0.2) is 5.65 Å². The van der Waals surface area contributed by atoms with E-state index in [1.807, 2.05) is 50.2 Å². The average Bonchev–Trinajstić information content (AvgIpc) is 2.94. The highest BCUT2D eigenvalue weighted by Crippen LogP contribution is 2.25. The molecule has 4 aromatic rings. The van der Waals surface area contributed by atoms with E-state index in [0.717, 1.165) is 33.4 Å². The third-order valence-corrected chi connectivity index (χ3v) is 3.79. The standard InChI is InChI=1S/C17H15N7/c1-10-5-3-8-13-14(10)20-16-15(13)22-24-17(21-16)23-18-9-12-7-4-6-11(2)19-12/h3-8H,9H2,1-2H3,(H,20,21,24). The van der Waals surface area contributed by atoms with E-state index in [1.54, 1.807) is 0 Å². The normalized spacial score (nSPS) is 11.8. The van der Waals surface area contributed by atoms with E-state index in [2.05, 4.69) is 35.4 Å². The summed E-state index contributed by atoms with van der Waals surface area (Å²) in [7, 11) is 0. The number of fused-ring (bicyclic) bond motifs is 3. The van der Waals surface area contributed by atoms with Crippen LogP contribution in [0.15, 0.2) is 46.6 Å². The second-order valence-corrected chi connectivity index (χ2v) is 5.60. The summed E-state index contributed by atoms with van der Waals surface area (Å²) >= 11 is 0. The number of aromatic amines is 1. The fourth-order valence-electron chi connectivity index (χ4n) is 2.64. The van der Waals surface area contributed by atoms with Gasteiger partial charge in [-0.25, -0.2) is 0 Å². The molecule has 0 atom stereocenters. The highest BCUT2D eigenvalue weighted by Gasteiger charge is 2.09. The summed E-state index contributed by atoms with van der Waals surface area (Å²) in [6.07, 6.45) is 0. The van der Waals surface area contributed by atoms with Crippen molar-refractivity contribution in [3.8, 4) is 0 Å². The molecule has 0 saturated carbocycles. The second kappa shape index (κ2) is 5.77. The van der Waals surface area contributed by atoms with Gasteiger partial charge >= 0.3 is 0 Å². The summed E-state index contributed by atoms with van der Waals surface area (Å²) in [6, 6.07) is 11.8. The smallest absolute Gasteiger partial charge is 0.289 e. The number of nitrogens with zero attached hydrogens (tertiary/aromatic N) is 6. The van der Waals surface area contributed by atoms with Crippen LogP contribution in [0.1, 0.15) is 17.0 Å². The van der Waals surface area contributed by atoms with Crippen molar-refractivity contribution in [1.29, 1.82) is 0 Å². The number of H-pyrrole nitrogens is 1. The number of pyridine rings is 1. The van der Waals surface area contributed by atoms with Crippen molar-refractivity contribution in [1.82, 2.24) is 25.1 Å². The highest BCUT2D eigenvalue weighted by molar-refractivity contribution is 6.04. The first-order chi connectivity index (χ1) is 11.7. The fourth-order valence-corrected chi connectivity index (χ4v) is 2.64. The number of azo groups is 1. The lowest BCUT2D eigenvalue weighted by Crippen LogP contribution is -1.90. The summed E-state index contributed by atoms with van der Waals surface area (Å²) in [6.45, 7) is 4.37. The molecule has 0 amide bonds. The number of rotatable bonds is 3. The maximum atomic E-state index is 4.39. The molecule has 3 heterocycles. The summed E-state index contributed by atoms with van der Waals surface area (Å²) < 4.78 is 0. The molecule has 0 saturated heterocycles. The van der Waals surface area contributed by atoms with Crippen molar-refractivity contribution in [3.05, 3.63) is 53.3 Å². The van der Waals surface area contributed by atoms with Crippen LogP contribution in [0.25, 0.3) is 22.1 Å². The average molecular weight is 317 g/mol. The first-order valence-electron chi connectivity index (χ1n) is 7.62. The third kappa shape index (κ3) is 2.60. The lowest BCUT2D eigenvalue weighted by atomic mass is 10.1. The van der Waals surface area contributed by atoms with E-state index < -0.39 is 0 Å². The van der Waals surface area contributed by atoms with Crippen molar-refractivity contribution in [2.75, 3.05) is 0 Å². The Kier molecular flexibility index (Phi) is 3.45. The maximum Gasteiger partial charge on any atom is 0.289 e. The van der Waals surface area contributed by atoms with E-state index in [0.29, 0.717) is 12.2 Å². The zero-order chi connectivity index (χ0) is 16.5. The van der Waals surface area contributed by atoms with Gasteiger partial charge in [-0.1, -0.05) is 24.3 Å². The Morgan fingerprint density at radius 1 is 1.00 bits per heavy atom. The van der Waals surface area contributed by atoms with Crippen LogP contribution in [-0.4, -0.2) is 25.1 Å².